The Morgan fingerprint density at radius 1 is 0.667 bits per heavy atom. The molecule has 10 heteroatoms. The predicted molar refractivity (Wildman–Crippen MR) is 155 cm³/mol. The van der Waals surface area contributed by atoms with Crippen LogP contribution >= 0.6 is 0 Å². The number of ether oxygens (including phenoxy) is 4. The highest BCUT2D eigenvalue weighted by Gasteiger charge is 2.60. The number of phenolic OH excluding ortho intramolecular Hbond substituents is 2. The van der Waals surface area contributed by atoms with Crippen molar-refractivity contribution in [3.05, 3.63) is 47.5 Å². The van der Waals surface area contributed by atoms with Gasteiger partial charge in [0.25, 0.3) is 0 Å². The molecular formula is C32H42N2O8. The highest BCUT2D eigenvalue weighted by Crippen LogP contribution is 2.60. The Bertz CT molecular complexity index is 1160. The monoisotopic (exact) mass is 582 g/mol. The minimum absolute atomic E-state index is 0.0312. The molecule has 0 amide bonds. The van der Waals surface area contributed by atoms with E-state index in [-0.39, 0.29) is 47.1 Å². The van der Waals surface area contributed by atoms with Gasteiger partial charge in [-0.2, -0.15) is 0 Å². The van der Waals surface area contributed by atoms with Crippen LogP contribution in [0.2, 0.25) is 0 Å². The third-order valence-corrected chi connectivity index (χ3v) is 9.17. The number of esters is 2. The molecule has 3 aliphatic rings. The maximum Gasteiger partial charge on any atom is 0.310 e. The molecule has 2 heterocycles. The van der Waals surface area contributed by atoms with Crippen LogP contribution in [0.3, 0.4) is 0 Å². The van der Waals surface area contributed by atoms with Crippen LogP contribution in [0.15, 0.2) is 36.4 Å². The first-order chi connectivity index (χ1) is 20.2. The summed E-state index contributed by atoms with van der Waals surface area (Å²) >= 11 is 0. The normalized spacial score (nSPS) is 25.8. The summed E-state index contributed by atoms with van der Waals surface area (Å²) in [5.41, 5.74) is 1.37. The van der Waals surface area contributed by atoms with E-state index in [4.69, 9.17) is 18.9 Å². The number of hydrogen-bond acceptors (Lipinski definition) is 10. The van der Waals surface area contributed by atoms with E-state index in [1.165, 1.54) is 26.4 Å². The Hall–Kier alpha value is -3.50. The SMILES string of the molecule is COc1cc(C2C(C(=O)OC3CCN(C)CC3)C(c3ccc(O)c(OC)c3)C2C(=O)OC2CCN(C)CC2)ccc1O. The second kappa shape index (κ2) is 12.8. The molecule has 10 nitrogen and oxygen atoms in total. The van der Waals surface area contributed by atoms with Crippen molar-refractivity contribution < 1.29 is 38.7 Å². The lowest BCUT2D eigenvalue weighted by Gasteiger charge is -2.50. The zero-order chi connectivity index (χ0) is 30.0. The lowest BCUT2D eigenvalue weighted by atomic mass is 9.52. The molecule has 0 unspecified atom stereocenters. The maximum absolute atomic E-state index is 14.0. The fourth-order valence-electron chi connectivity index (χ4n) is 6.66. The van der Waals surface area contributed by atoms with Crippen LogP contribution in [0, 0.1) is 11.8 Å². The number of rotatable bonds is 8. The van der Waals surface area contributed by atoms with Crippen molar-refractivity contribution in [3.63, 3.8) is 0 Å². The van der Waals surface area contributed by atoms with Crippen LogP contribution in [-0.2, 0) is 19.1 Å². The summed E-state index contributed by atoms with van der Waals surface area (Å²) < 4.78 is 23.0. The smallest absolute Gasteiger partial charge is 0.310 e. The van der Waals surface area contributed by atoms with Crippen molar-refractivity contribution in [1.82, 2.24) is 9.80 Å². The van der Waals surface area contributed by atoms with E-state index in [2.05, 4.69) is 9.80 Å². The first-order valence-electron chi connectivity index (χ1n) is 14.7. The van der Waals surface area contributed by atoms with Gasteiger partial charge in [-0.15, -0.1) is 0 Å². The summed E-state index contributed by atoms with van der Waals surface area (Å²) in [5.74, 6) is -2.84. The Morgan fingerprint density at radius 3 is 1.36 bits per heavy atom. The van der Waals surface area contributed by atoms with Gasteiger partial charge in [0.1, 0.15) is 12.2 Å². The number of aromatic hydroxyl groups is 2. The Labute approximate surface area is 247 Å². The van der Waals surface area contributed by atoms with E-state index < -0.39 is 23.7 Å². The number of carbonyl (C=O) groups excluding carboxylic acids is 2. The molecule has 228 valence electrons. The average molecular weight is 583 g/mol. The molecule has 2 saturated heterocycles. The minimum Gasteiger partial charge on any atom is -0.504 e. The number of methoxy groups -OCH3 is 2. The predicted octanol–water partition coefficient (Wildman–Crippen LogP) is 3.50. The van der Waals surface area contributed by atoms with Crippen molar-refractivity contribution in [2.45, 2.75) is 49.7 Å². The second-order valence-corrected chi connectivity index (χ2v) is 11.8. The van der Waals surface area contributed by atoms with E-state index in [0.29, 0.717) is 11.1 Å². The maximum atomic E-state index is 14.0. The zero-order valence-electron chi connectivity index (χ0n) is 24.8. The summed E-state index contributed by atoms with van der Waals surface area (Å²) in [5, 5.41) is 20.6. The molecule has 0 aromatic heterocycles. The number of piperidine rings is 2. The Morgan fingerprint density at radius 2 is 1.02 bits per heavy atom. The Kier molecular flexibility index (Phi) is 9.13. The summed E-state index contributed by atoms with van der Waals surface area (Å²) in [4.78, 5) is 32.5. The fourth-order valence-corrected chi connectivity index (χ4v) is 6.66. The Balaban J connectivity index is 1.53. The topological polar surface area (TPSA) is 118 Å². The first kappa shape index (κ1) is 30.0. The van der Waals surface area contributed by atoms with Crippen molar-refractivity contribution in [3.8, 4) is 23.0 Å². The van der Waals surface area contributed by atoms with Crippen LogP contribution in [0.1, 0.15) is 48.6 Å². The number of benzene rings is 2. The molecular weight excluding hydrogens is 540 g/mol. The summed E-state index contributed by atoms with van der Waals surface area (Å²) in [7, 11) is 7.02. The van der Waals surface area contributed by atoms with Crippen molar-refractivity contribution in [1.29, 1.82) is 0 Å². The lowest BCUT2D eigenvalue weighted by Crippen LogP contribution is -2.53. The molecule has 3 fully saturated rings. The highest BCUT2D eigenvalue weighted by molar-refractivity contribution is 5.86. The largest absolute Gasteiger partial charge is 0.504 e. The highest BCUT2D eigenvalue weighted by atomic mass is 16.6. The van der Waals surface area contributed by atoms with Gasteiger partial charge in [-0.1, -0.05) is 12.1 Å². The van der Waals surface area contributed by atoms with Crippen LogP contribution in [0.4, 0.5) is 0 Å². The van der Waals surface area contributed by atoms with Crippen molar-refractivity contribution in [2.75, 3.05) is 54.5 Å². The summed E-state index contributed by atoms with van der Waals surface area (Å²) in [6.07, 6.45) is 2.56. The lowest BCUT2D eigenvalue weighted by molar-refractivity contribution is -0.175. The molecule has 0 atom stereocenters. The van der Waals surface area contributed by atoms with Gasteiger partial charge in [-0.05, 0) is 75.2 Å². The minimum atomic E-state index is -0.705. The van der Waals surface area contributed by atoms with Crippen LogP contribution in [-0.4, -0.2) is 98.7 Å². The number of carbonyl (C=O) groups is 2. The summed E-state index contributed by atoms with van der Waals surface area (Å²) in [6.45, 7) is 3.35. The van der Waals surface area contributed by atoms with Crippen molar-refractivity contribution in [2.24, 2.45) is 11.8 Å². The van der Waals surface area contributed by atoms with E-state index in [1.807, 2.05) is 14.1 Å². The van der Waals surface area contributed by atoms with Gasteiger partial charge >= 0.3 is 11.9 Å². The molecule has 2 aliphatic heterocycles. The molecule has 2 aromatic carbocycles. The van der Waals surface area contributed by atoms with Crippen LogP contribution in [0.5, 0.6) is 23.0 Å². The average Bonchev–Trinajstić information content (AvgIpc) is 2.96. The summed E-state index contributed by atoms with van der Waals surface area (Å²) in [6, 6.07) is 9.84. The van der Waals surface area contributed by atoms with E-state index in [1.54, 1.807) is 24.3 Å². The number of nitrogens with zero attached hydrogens (tertiary/aromatic N) is 2. The second-order valence-electron chi connectivity index (χ2n) is 11.8. The molecule has 2 N–H and O–H groups in total. The molecule has 2 aromatic rings. The molecule has 1 saturated carbocycles. The van der Waals surface area contributed by atoms with Gasteiger partial charge in [-0.25, -0.2) is 0 Å². The van der Waals surface area contributed by atoms with Gasteiger partial charge in [0, 0.05) is 38.0 Å². The molecule has 1 aliphatic carbocycles. The molecule has 42 heavy (non-hydrogen) atoms. The van der Waals surface area contributed by atoms with Crippen LogP contribution < -0.4 is 9.47 Å². The fraction of sp³-hybridized carbons (Fsp3) is 0.562. The molecule has 0 spiro atoms. The van der Waals surface area contributed by atoms with E-state index in [9.17, 15) is 19.8 Å². The third kappa shape index (κ3) is 6.15. The van der Waals surface area contributed by atoms with Gasteiger partial charge in [0.05, 0.1) is 26.1 Å². The van der Waals surface area contributed by atoms with Gasteiger partial charge in [0.2, 0.25) is 0 Å². The van der Waals surface area contributed by atoms with Crippen molar-refractivity contribution >= 4 is 11.9 Å². The van der Waals surface area contributed by atoms with Gasteiger partial charge in [-0.3, -0.25) is 9.59 Å². The van der Waals surface area contributed by atoms with E-state index in [0.717, 1.165) is 51.9 Å². The standard InChI is InChI=1S/C32H42N2O8/c1-33-13-9-21(10-14-33)41-31(37)29-27(19-5-7-23(35)25(17-19)39-3)30(32(38)42-22-11-15-34(2)16-12-22)28(29)20-6-8-24(36)26(18-20)40-4/h5-8,17-18,21-22,27-30,35-36H,9-16H2,1-4H3. The number of hydrogen-bond donors (Lipinski definition) is 2. The molecule has 0 bridgehead atoms. The van der Waals surface area contributed by atoms with Gasteiger partial charge in [0.15, 0.2) is 23.0 Å². The quantitative estimate of drug-likeness (QED) is 0.448. The molecule has 5 rings (SSSR count). The number of likely N-dealkylation sites (tertiary alicyclic amines) is 2. The molecule has 0 radical (unpaired) electrons. The third-order valence-electron chi connectivity index (χ3n) is 9.17. The van der Waals surface area contributed by atoms with Crippen LogP contribution in [0.25, 0.3) is 0 Å². The number of phenols is 2. The van der Waals surface area contributed by atoms with Gasteiger partial charge < -0.3 is 39.0 Å². The van der Waals surface area contributed by atoms with E-state index >= 15 is 0 Å². The zero-order valence-corrected chi connectivity index (χ0v) is 24.8. The first-order valence-corrected chi connectivity index (χ1v) is 14.7.